The van der Waals surface area contributed by atoms with Crippen LogP contribution in [0.2, 0.25) is 0 Å². The van der Waals surface area contributed by atoms with Gasteiger partial charge in [-0.2, -0.15) is 0 Å². The Balaban J connectivity index is 1.16. The Kier molecular flexibility index (Phi) is 6.24. The van der Waals surface area contributed by atoms with Gasteiger partial charge in [-0.15, -0.1) is 23.2 Å². The van der Waals surface area contributed by atoms with Crippen molar-refractivity contribution < 1.29 is 19.1 Å². The quantitative estimate of drug-likeness (QED) is 0.195. The Labute approximate surface area is 259 Å². The monoisotopic (exact) mass is 610 g/mol. The molecule has 1 N–H and O–H groups in total. The Bertz CT molecular complexity index is 1710. The van der Waals surface area contributed by atoms with Crippen molar-refractivity contribution in [1.82, 2.24) is 4.90 Å². The van der Waals surface area contributed by atoms with Gasteiger partial charge in [0.25, 0.3) is 0 Å². The number of likely N-dealkylation sites (tertiary alicyclic amines) is 1. The number of carbonyl (C=O) groups excluding carboxylic acids is 3. The zero-order valence-electron chi connectivity index (χ0n) is 23.7. The molecule has 4 aromatic rings. The number of hydrogen-bond donors (Lipinski definition) is 1. The van der Waals surface area contributed by atoms with Gasteiger partial charge < -0.3 is 10.1 Å². The molecule has 4 aliphatic rings. The average molecular weight is 612 g/mol. The van der Waals surface area contributed by atoms with E-state index in [2.05, 4.69) is 5.32 Å². The Morgan fingerprint density at radius 2 is 1.26 bits per heavy atom. The molecule has 2 bridgehead atoms. The van der Waals surface area contributed by atoms with Gasteiger partial charge in [0.1, 0.15) is 27.3 Å². The number of nitrogens with zero attached hydrogens (tertiary/aromatic N) is 1. The topological polar surface area (TPSA) is 75.7 Å². The van der Waals surface area contributed by atoms with Gasteiger partial charge in [0.15, 0.2) is 0 Å². The number of halogens is 2. The van der Waals surface area contributed by atoms with Crippen LogP contribution in [0, 0.1) is 25.7 Å². The van der Waals surface area contributed by atoms with E-state index >= 15 is 0 Å². The Morgan fingerprint density at radius 3 is 1.74 bits per heavy atom. The number of anilines is 1. The SMILES string of the molecule is Cc1cccc(Oc2ccc(NC(=O)[C@H](C)N3C(=O)[C@H]4[C@H](C3=O)C3(Cl)c5ccccc5C4(Cl)c4ccccc43)cc2)c1C. The molecule has 0 aromatic heterocycles. The molecule has 3 amide bonds. The van der Waals surface area contributed by atoms with Gasteiger partial charge in [0, 0.05) is 5.69 Å². The second kappa shape index (κ2) is 9.69. The van der Waals surface area contributed by atoms with Crippen LogP contribution in [-0.4, -0.2) is 28.7 Å². The molecule has 1 aliphatic heterocycles. The summed E-state index contributed by atoms with van der Waals surface area (Å²) in [5.41, 5.74) is 5.55. The van der Waals surface area contributed by atoms with Crippen LogP contribution in [-0.2, 0) is 24.1 Å². The number of rotatable bonds is 5. The minimum atomic E-state index is -1.29. The van der Waals surface area contributed by atoms with Gasteiger partial charge in [-0.1, -0.05) is 60.7 Å². The van der Waals surface area contributed by atoms with Crippen molar-refractivity contribution in [2.75, 3.05) is 5.32 Å². The molecule has 1 saturated heterocycles. The summed E-state index contributed by atoms with van der Waals surface area (Å²) in [7, 11) is 0. The molecule has 0 saturated carbocycles. The first-order valence-corrected chi connectivity index (χ1v) is 14.9. The molecule has 8 rings (SSSR count). The van der Waals surface area contributed by atoms with E-state index in [1.54, 1.807) is 31.2 Å². The van der Waals surface area contributed by atoms with Crippen molar-refractivity contribution in [3.05, 3.63) is 124 Å². The van der Waals surface area contributed by atoms with E-state index in [0.29, 0.717) is 11.4 Å². The van der Waals surface area contributed by atoms with Gasteiger partial charge >= 0.3 is 0 Å². The second-order valence-corrected chi connectivity index (χ2v) is 12.7. The molecule has 0 spiro atoms. The van der Waals surface area contributed by atoms with Crippen molar-refractivity contribution in [2.45, 2.75) is 36.6 Å². The largest absolute Gasteiger partial charge is 0.457 e. The average Bonchev–Trinajstić information content (AvgIpc) is 3.29. The summed E-state index contributed by atoms with van der Waals surface area (Å²) in [4.78, 5) is 40.2. The molecule has 0 unspecified atom stereocenters. The number of benzene rings is 4. The summed E-state index contributed by atoms with van der Waals surface area (Å²) < 4.78 is 6.02. The first-order chi connectivity index (χ1) is 20.6. The van der Waals surface area contributed by atoms with Crippen LogP contribution in [0.4, 0.5) is 5.69 Å². The van der Waals surface area contributed by atoms with Crippen LogP contribution >= 0.6 is 23.2 Å². The van der Waals surface area contributed by atoms with Crippen molar-refractivity contribution in [1.29, 1.82) is 0 Å². The van der Waals surface area contributed by atoms with Crippen LogP contribution in [0.5, 0.6) is 11.5 Å². The normalized spacial score (nSPS) is 25.6. The standard InChI is InChI=1S/C35H28Cl2N2O4/c1-19-9-8-14-28(20(19)2)43-23-17-15-22(16-18-23)38-31(40)21(3)39-32(41)29-30(33(39)42)35(37)25-11-5-4-10-24(25)34(29,36)26-12-6-7-13-27(26)35/h4-18,21,29-30H,1-3H3,(H,38,40)/t21-,29+,30+,34?,35?/m0/s1. The molecule has 1 fully saturated rings. The van der Waals surface area contributed by atoms with E-state index in [9.17, 15) is 14.4 Å². The maximum absolute atomic E-state index is 14.1. The van der Waals surface area contributed by atoms with Crippen molar-refractivity contribution in [2.24, 2.45) is 11.8 Å². The zero-order chi connectivity index (χ0) is 30.3. The molecular formula is C35H28Cl2N2O4. The molecule has 6 nitrogen and oxygen atoms in total. The molecule has 8 heteroatoms. The first-order valence-electron chi connectivity index (χ1n) is 14.2. The lowest BCUT2D eigenvalue weighted by Gasteiger charge is -2.54. The summed E-state index contributed by atoms with van der Waals surface area (Å²) in [6, 6.07) is 26.6. The van der Waals surface area contributed by atoms with E-state index < -0.39 is 45.3 Å². The van der Waals surface area contributed by atoms with Gasteiger partial charge in [0.2, 0.25) is 17.7 Å². The molecule has 3 aliphatic carbocycles. The fraction of sp³-hybridized carbons (Fsp3) is 0.229. The van der Waals surface area contributed by atoms with Crippen molar-refractivity contribution in [3.63, 3.8) is 0 Å². The van der Waals surface area contributed by atoms with E-state index in [4.69, 9.17) is 27.9 Å². The van der Waals surface area contributed by atoms with Crippen molar-refractivity contribution >= 4 is 46.6 Å². The summed E-state index contributed by atoms with van der Waals surface area (Å²) in [5, 5.41) is 2.84. The maximum atomic E-state index is 14.1. The molecule has 4 aromatic carbocycles. The lowest BCUT2D eigenvalue weighted by Crippen LogP contribution is -2.57. The minimum Gasteiger partial charge on any atom is -0.457 e. The summed E-state index contributed by atoms with van der Waals surface area (Å²) in [5.74, 6) is -2.05. The van der Waals surface area contributed by atoms with E-state index in [-0.39, 0.29) is 0 Å². The van der Waals surface area contributed by atoms with Crippen LogP contribution in [0.25, 0.3) is 0 Å². The number of ether oxygens (including phenoxy) is 1. The number of amides is 3. The van der Waals surface area contributed by atoms with Gasteiger partial charge in [-0.25, -0.2) is 0 Å². The second-order valence-electron chi connectivity index (χ2n) is 11.5. The van der Waals surface area contributed by atoms with Crippen LogP contribution < -0.4 is 10.1 Å². The Hall–Kier alpha value is -4.13. The number of alkyl halides is 2. The third-order valence-electron chi connectivity index (χ3n) is 9.29. The molecule has 0 radical (unpaired) electrons. The molecule has 43 heavy (non-hydrogen) atoms. The van der Waals surface area contributed by atoms with Gasteiger partial charge in [-0.05, 0) is 84.5 Å². The summed E-state index contributed by atoms with van der Waals surface area (Å²) >= 11 is 15.0. The third kappa shape index (κ3) is 3.76. The predicted molar refractivity (Wildman–Crippen MR) is 166 cm³/mol. The highest BCUT2D eigenvalue weighted by Gasteiger charge is 2.73. The van der Waals surface area contributed by atoms with Crippen LogP contribution in [0.15, 0.2) is 91.0 Å². The molecule has 1 heterocycles. The lowest BCUT2D eigenvalue weighted by atomic mass is 9.54. The smallest absolute Gasteiger partial charge is 0.247 e. The summed E-state index contributed by atoms with van der Waals surface area (Å²) in [6.45, 7) is 5.57. The predicted octanol–water partition coefficient (Wildman–Crippen LogP) is 7.02. The zero-order valence-corrected chi connectivity index (χ0v) is 25.2. The molecular weight excluding hydrogens is 583 g/mol. The van der Waals surface area contributed by atoms with Crippen LogP contribution in [0.1, 0.15) is 40.3 Å². The van der Waals surface area contributed by atoms with Gasteiger partial charge in [-0.3, -0.25) is 19.3 Å². The van der Waals surface area contributed by atoms with Gasteiger partial charge in [0.05, 0.1) is 11.8 Å². The lowest BCUT2D eigenvalue weighted by molar-refractivity contribution is -0.146. The van der Waals surface area contributed by atoms with Crippen molar-refractivity contribution in [3.8, 4) is 11.5 Å². The fourth-order valence-corrected chi connectivity index (χ4v) is 8.10. The highest BCUT2D eigenvalue weighted by molar-refractivity contribution is 6.36. The number of hydrogen-bond acceptors (Lipinski definition) is 4. The third-order valence-corrected chi connectivity index (χ3v) is 10.6. The van der Waals surface area contributed by atoms with Crippen LogP contribution in [0.3, 0.4) is 0 Å². The maximum Gasteiger partial charge on any atom is 0.247 e. The van der Waals surface area contributed by atoms with E-state index in [1.807, 2.05) is 80.6 Å². The van der Waals surface area contributed by atoms with E-state index in [0.717, 1.165) is 44.0 Å². The molecule has 3 atom stereocenters. The first kappa shape index (κ1) is 27.7. The number of aryl methyl sites for hydroxylation is 1. The highest BCUT2D eigenvalue weighted by atomic mass is 35.5. The summed E-state index contributed by atoms with van der Waals surface area (Å²) in [6.07, 6.45) is 0. The van der Waals surface area contributed by atoms with E-state index in [1.165, 1.54) is 0 Å². The number of imide groups is 1. The minimum absolute atomic E-state index is 0.501. The fourth-order valence-electron chi connectivity index (χ4n) is 7.00. The number of carbonyl (C=O) groups is 3. The number of nitrogens with one attached hydrogen (secondary N) is 1. The Morgan fingerprint density at radius 1 is 0.767 bits per heavy atom. The molecule has 216 valence electrons. The highest BCUT2D eigenvalue weighted by Crippen LogP contribution is 2.69.